The van der Waals surface area contributed by atoms with Crippen LogP contribution in [-0.2, 0) is 4.79 Å². The maximum Gasteiger partial charge on any atom is 0.273 e. The van der Waals surface area contributed by atoms with Crippen molar-refractivity contribution >= 4 is 11.8 Å². The van der Waals surface area contributed by atoms with E-state index in [2.05, 4.69) is 10.9 Å². The fraction of sp³-hybridized carbons (Fsp3) is 0.333. The van der Waals surface area contributed by atoms with E-state index in [1.807, 2.05) is 30.3 Å². The van der Waals surface area contributed by atoms with Gasteiger partial charge in [-0.25, -0.2) is 0 Å². The molecule has 0 spiro atoms. The third kappa shape index (κ3) is 5.48. The van der Waals surface area contributed by atoms with Crippen molar-refractivity contribution in [2.45, 2.75) is 25.7 Å². The van der Waals surface area contributed by atoms with E-state index in [9.17, 15) is 9.59 Å². The summed E-state index contributed by atoms with van der Waals surface area (Å²) in [7, 11) is 0. The van der Waals surface area contributed by atoms with E-state index in [0.29, 0.717) is 24.5 Å². The van der Waals surface area contributed by atoms with E-state index >= 15 is 0 Å². The van der Waals surface area contributed by atoms with Crippen molar-refractivity contribution in [2.75, 3.05) is 13.2 Å². The number of carbonyl (C=O) groups excluding carboxylic acids is 2. The summed E-state index contributed by atoms with van der Waals surface area (Å²) in [5.74, 6) is 0.673. The minimum absolute atomic E-state index is 0.00747. The zero-order chi connectivity index (χ0) is 18.9. The first kappa shape index (κ1) is 18.8. The van der Waals surface area contributed by atoms with Gasteiger partial charge < -0.3 is 9.47 Å². The number of nitrogens with one attached hydrogen (secondary N) is 2. The molecule has 142 valence electrons. The fourth-order valence-corrected chi connectivity index (χ4v) is 3.08. The zero-order valence-electron chi connectivity index (χ0n) is 15.1. The first-order chi connectivity index (χ1) is 13.2. The summed E-state index contributed by atoms with van der Waals surface area (Å²) in [6, 6.07) is 16.4. The molecule has 2 N–H and O–H groups in total. The van der Waals surface area contributed by atoms with Gasteiger partial charge in [-0.15, -0.1) is 0 Å². The average Bonchev–Trinajstić information content (AvgIpc) is 3.25. The number of carbonyl (C=O) groups is 2. The molecule has 0 aromatic heterocycles. The van der Waals surface area contributed by atoms with Crippen LogP contribution in [0.5, 0.6) is 11.5 Å². The zero-order valence-corrected chi connectivity index (χ0v) is 15.1. The van der Waals surface area contributed by atoms with Gasteiger partial charge in [-0.2, -0.15) is 0 Å². The molecule has 0 aliphatic heterocycles. The quantitative estimate of drug-likeness (QED) is 0.582. The molecule has 2 amide bonds. The Morgan fingerprint density at radius 1 is 0.852 bits per heavy atom. The van der Waals surface area contributed by atoms with Gasteiger partial charge in [-0.05, 0) is 37.1 Å². The maximum atomic E-state index is 12.4. The van der Waals surface area contributed by atoms with E-state index in [0.717, 1.165) is 31.4 Å². The Labute approximate surface area is 158 Å². The number of hydrogen-bond donors (Lipinski definition) is 2. The molecule has 6 nitrogen and oxygen atoms in total. The smallest absolute Gasteiger partial charge is 0.273 e. The van der Waals surface area contributed by atoms with Crippen molar-refractivity contribution in [2.24, 2.45) is 5.92 Å². The summed E-state index contributed by atoms with van der Waals surface area (Å²) in [5, 5.41) is 0. The molecule has 1 fully saturated rings. The van der Waals surface area contributed by atoms with Crippen LogP contribution >= 0.6 is 0 Å². The highest BCUT2D eigenvalue weighted by Gasteiger charge is 2.23. The number of hydrazine groups is 1. The number of hydrogen-bond acceptors (Lipinski definition) is 4. The lowest BCUT2D eigenvalue weighted by Crippen LogP contribution is -2.44. The predicted molar refractivity (Wildman–Crippen MR) is 101 cm³/mol. The third-order valence-corrected chi connectivity index (χ3v) is 4.51. The normalized spacial score (nSPS) is 13.8. The van der Waals surface area contributed by atoms with Gasteiger partial charge in [0.05, 0.1) is 5.56 Å². The second-order valence-electron chi connectivity index (χ2n) is 6.43. The molecule has 0 unspecified atom stereocenters. The minimum atomic E-state index is -0.402. The highest BCUT2D eigenvalue weighted by molar-refractivity contribution is 5.98. The van der Waals surface area contributed by atoms with Crippen LogP contribution in [0.15, 0.2) is 54.6 Å². The number of para-hydroxylation sites is 2. The van der Waals surface area contributed by atoms with Gasteiger partial charge in [-0.3, -0.25) is 20.4 Å². The van der Waals surface area contributed by atoms with Gasteiger partial charge in [0.25, 0.3) is 5.91 Å². The number of benzene rings is 2. The van der Waals surface area contributed by atoms with E-state index in [1.165, 1.54) is 0 Å². The van der Waals surface area contributed by atoms with Crippen LogP contribution < -0.4 is 20.3 Å². The Morgan fingerprint density at radius 2 is 1.52 bits per heavy atom. The Bertz CT molecular complexity index is 758. The average molecular weight is 368 g/mol. The van der Waals surface area contributed by atoms with Gasteiger partial charge >= 0.3 is 0 Å². The van der Waals surface area contributed by atoms with Crippen molar-refractivity contribution < 1.29 is 19.1 Å². The number of amides is 2. The monoisotopic (exact) mass is 368 g/mol. The standard InChI is InChI=1S/C21H24N2O4/c24-20(16-8-4-5-9-16)22-23-21(25)18-12-6-7-13-19(18)27-15-14-26-17-10-2-1-3-11-17/h1-3,6-7,10-13,16H,4-5,8-9,14-15H2,(H,22,24)(H,23,25). The molecule has 1 aliphatic rings. The molecule has 0 bridgehead atoms. The molecular weight excluding hydrogens is 344 g/mol. The van der Waals surface area contributed by atoms with Crippen molar-refractivity contribution in [1.29, 1.82) is 0 Å². The lowest BCUT2D eigenvalue weighted by molar-refractivity contribution is -0.125. The third-order valence-electron chi connectivity index (χ3n) is 4.51. The van der Waals surface area contributed by atoms with E-state index < -0.39 is 5.91 Å². The van der Waals surface area contributed by atoms with Crippen molar-refractivity contribution in [3.05, 3.63) is 60.2 Å². The Morgan fingerprint density at radius 3 is 2.30 bits per heavy atom. The number of rotatable bonds is 7. The molecule has 0 atom stereocenters. The highest BCUT2D eigenvalue weighted by atomic mass is 16.5. The van der Waals surface area contributed by atoms with E-state index in [4.69, 9.17) is 9.47 Å². The molecule has 0 saturated heterocycles. The largest absolute Gasteiger partial charge is 0.490 e. The molecule has 1 saturated carbocycles. The summed E-state index contributed by atoms with van der Waals surface area (Å²) in [6.45, 7) is 0.659. The van der Waals surface area contributed by atoms with Crippen LogP contribution in [0.4, 0.5) is 0 Å². The second-order valence-corrected chi connectivity index (χ2v) is 6.43. The van der Waals surface area contributed by atoms with Crippen LogP contribution in [-0.4, -0.2) is 25.0 Å². The van der Waals surface area contributed by atoms with Crippen molar-refractivity contribution in [3.63, 3.8) is 0 Å². The highest BCUT2D eigenvalue weighted by Crippen LogP contribution is 2.24. The molecule has 3 rings (SSSR count). The van der Waals surface area contributed by atoms with Crippen LogP contribution in [0.2, 0.25) is 0 Å². The van der Waals surface area contributed by atoms with E-state index in [-0.39, 0.29) is 11.8 Å². The molecule has 2 aromatic carbocycles. The molecule has 0 radical (unpaired) electrons. The molecule has 6 heteroatoms. The maximum absolute atomic E-state index is 12.4. The molecule has 27 heavy (non-hydrogen) atoms. The summed E-state index contributed by atoms with van der Waals surface area (Å²) < 4.78 is 11.3. The van der Waals surface area contributed by atoms with E-state index in [1.54, 1.807) is 24.3 Å². The molecule has 0 heterocycles. The summed E-state index contributed by atoms with van der Waals surface area (Å²) in [5.41, 5.74) is 5.37. The van der Waals surface area contributed by atoms with Crippen LogP contribution in [0.25, 0.3) is 0 Å². The van der Waals surface area contributed by atoms with Gasteiger partial charge in [0.2, 0.25) is 5.91 Å². The fourth-order valence-electron chi connectivity index (χ4n) is 3.08. The van der Waals surface area contributed by atoms with Crippen LogP contribution in [0.3, 0.4) is 0 Å². The molecular formula is C21H24N2O4. The summed E-state index contributed by atoms with van der Waals surface area (Å²) in [4.78, 5) is 24.4. The second kappa shape index (κ2) is 9.62. The van der Waals surface area contributed by atoms with Gasteiger partial charge in [0.15, 0.2) is 0 Å². The Kier molecular flexibility index (Phi) is 6.68. The minimum Gasteiger partial charge on any atom is -0.490 e. The number of ether oxygens (including phenoxy) is 2. The lowest BCUT2D eigenvalue weighted by Gasteiger charge is -2.14. The van der Waals surface area contributed by atoms with Gasteiger partial charge in [-0.1, -0.05) is 43.2 Å². The molecule has 1 aliphatic carbocycles. The van der Waals surface area contributed by atoms with Gasteiger partial charge in [0, 0.05) is 5.92 Å². The topological polar surface area (TPSA) is 76.7 Å². The van der Waals surface area contributed by atoms with Crippen molar-refractivity contribution in [3.8, 4) is 11.5 Å². The lowest BCUT2D eigenvalue weighted by atomic mass is 10.1. The predicted octanol–water partition coefficient (Wildman–Crippen LogP) is 3.10. The Hall–Kier alpha value is -3.02. The van der Waals surface area contributed by atoms with Crippen LogP contribution in [0.1, 0.15) is 36.0 Å². The van der Waals surface area contributed by atoms with Gasteiger partial charge in [0.1, 0.15) is 24.7 Å². The van der Waals surface area contributed by atoms with Crippen LogP contribution in [0, 0.1) is 5.92 Å². The first-order valence-corrected chi connectivity index (χ1v) is 9.24. The summed E-state index contributed by atoms with van der Waals surface area (Å²) >= 11 is 0. The first-order valence-electron chi connectivity index (χ1n) is 9.24. The van der Waals surface area contributed by atoms with Crippen molar-refractivity contribution in [1.82, 2.24) is 10.9 Å². The summed E-state index contributed by atoms with van der Waals surface area (Å²) in [6.07, 6.45) is 3.88. The SMILES string of the molecule is O=C(NNC(=O)C1CCCC1)c1ccccc1OCCOc1ccccc1. The molecule has 2 aromatic rings. The Balaban J connectivity index is 1.48.